The average Bonchev–Trinajstić information content (AvgIpc) is 2.70. The van der Waals surface area contributed by atoms with Crippen LogP contribution in [0.25, 0.3) is 0 Å². The first-order chi connectivity index (χ1) is 9.65. The minimum atomic E-state index is -0.163. The summed E-state index contributed by atoms with van der Waals surface area (Å²) in [6.07, 6.45) is 0.797. The Morgan fingerprint density at radius 3 is 2.25 bits per heavy atom. The Labute approximate surface area is 119 Å². The number of fused-ring (bicyclic) bond motifs is 1. The molecule has 1 aliphatic rings. The van der Waals surface area contributed by atoms with Crippen LogP contribution in [-0.2, 0) is 0 Å². The summed E-state index contributed by atoms with van der Waals surface area (Å²) in [5.41, 5.74) is 1.06. The molecule has 1 aromatic rings. The number of nitrogens with one attached hydrogen (secondary N) is 1. The quantitative estimate of drug-likeness (QED) is 0.749. The number of likely N-dealkylation sites (N-methyl/N-ethyl adjacent to an activating group) is 2. The van der Waals surface area contributed by atoms with E-state index in [1.807, 2.05) is 14.1 Å². The number of carbonyl (C=O) groups is 2. The first-order valence-electron chi connectivity index (χ1n) is 6.93. The first kappa shape index (κ1) is 14.7. The fourth-order valence-corrected chi connectivity index (χ4v) is 2.36. The average molecular weight is 275 g/mol. The predicted molar refractivity (Wildman–Crippen MR) is 77.8 cm³/mol. The lowest BCUT2D eigenvalue weighted by Crippen LogP contribution is -2.34. The van der Waals surface area contributed by atoms with Gasteiger partial charge in [-0.25, -0.2) is 0 Å². The molecule has 0 atom stereocenters. The van der Waals surface area contributed by atoms with Crippen LogP contribution in [0.3, 0.4) is 0 Å². The number of imide groups is 1. The first-order valence-corrected chi connectivity index (χ1v) is 6.93. The van der Waals surface area contributed by atoms with E-state index in [1.165, 1.54) is 4.90 Å². The normalized spacial score (nSPS) is 14.2. The third-order valence-electron chi connectivity index (χ3n) is 3.54. The van der Waals surface area contributed by atoms with Gasteiger partial charge in [-0.15, -0.1) is 0 Å². The monoisotopic (exact) mass is 275 g/mol. The highest BCUT2D eigenvalue weighted by Crippen LogP contribution is 2.22. The molecule has 0 bridgehead atoms. The van der Waals surface area contributed by atoms with Gasteiger partial charge in [0.05, 0.1) is 11.1 Å². The van der Waals surface area contributed by atoms with E-state index < -0.39 is 0 Å². The van der Waals surface area contributed by atoms with Gasteiger partial charge in [0.15, 0.2) is 0 Å². The number of rotatable bonds is 7. The summed E-state index contributed by atoms with van der Waals surface area (Å²) in [5.74, 6) is -0.327. The molecular weight excluding hydrogens is 254 g/mol. The van der Waals surface area contributed by atoms with Gasteiger partial charge in [0.25, 0.3) is 11.8 Å². The van der Waals surface area contributed by atoms with Gasteiger partial charge < -0.3 is 10.2 Å². The smallest absolute Gasteiger partial charge is 0.261 e. The molecule has 1 N–H and O–H groups in total. The van der Waals surface area contributed by atoms with Crippen molar-refractivity contribution in [1.82, 2.24) is 15.1 Å². The lowest BCUT2D eigenvalue weighted by atomic mass is 10.1. The molecule has 20 heavy (non-hydrogen) atoms. The van der Waals surface area contributed by atoms with Crippen LogP contribution in [0.2, 0.25) is 0 Å². The SMILES string of the molecule is CNCCN(C)CCCN1C(=O)c2ccccc2C1=O. The second-order valence-corrected chi connectivity index (χ2v) is 5.07. The van der Waals surface area contributed by atoms with Crippen molar-refractivity contribution in [2.45, 2.75) is 6.42 Å². The Morgan fingerprint density at radius 1 is 1.10 bits per heavy atom. The van der Waals surface area contributed by atoms with Gasteiger partial charge >= 0.3 is 0 Å². The third-order valence-corrected chi connectivity index (χ3v) is 3.54. The van der Waals surface area contributed by atoms with E-state index in [1.54, 1.807) is 24.3 Å². The van der Waals surface area contributed by atoms with Crippen molar-refractivity contribution in [3.63, 3.8) is 0 Å². The van der Waals surface area contributed by atoms with Crippen molar-refractivity contribution in [2.24, 2.45) is 0 Å². The van der Waals surface area contributed by atoms with E-state index >= 15 is 0 Å². The minimum absolute atomic E-state index is 0.163. The summed E-state index contributed by atoms with van der Waals surface area (Å²) in [4.78, 5) is 27.8. The summed E-state index contributed by atoms with van der Waals surface area (Å²) in [5, 5.41) is 3.10. The maximum Gasteiger partial charge on any atom is 0.261 e. The lowest BCUT2D eigenvalue weighted by molar-refractivity contribution is 0.0648. The van der Waals surface area contributed by atoms with Crippen molar-refractivity contribution < 1.29 is 9.59 Å². The highest BCUT2D eigenvalue weighted by molar-refractivity contribution is 6.21. The number of hydrogen-bond acceptors (Lipinski definition) is 4. The molecule has 108 valence electrons. The van der Waals surface area contributed by atoms with E-state index in [0.29, 0.717) is 17.7 Å². The van der Waals surface area contributed by atoms with Gasteiger partial charge in [-0.05, 0) is 39.2 Å². The molecule has 0 spiro atoms. The molecule has 5 nitrogen and oxygen atoms in total. The molecule has 0 radical (unpaired) electrons. The third kappa shape index (κ3) is 3.05. The van der Waals surface area contributed by atoms with Crippen LogP contribution in [0.4, 0.5) is 0 Å². The summed E-state index contributed by atoms with van der Waals surface area (Å²) in [6, 6.07) is 7.02. The predicted octanol–water partition coefficient (Wildman–Crippen LogP) is 0.824. The zero-order valence-corrected chi connectivity index (χ0v) is 12.1. The highest BCUT2D eigenvalue weighted by atomic mass is 16.2. The van der Waals surface area contributed by atoms with Crippen molar-refractivity contribution in [3.8, 4) is 0 Å². The van der Waals surface area contributed by atoms with Gasteiger partial charge in [-0.1, -0.05) is 12.1 Å². The van der Waals surface area contributed by atoms with E-state index in [-0.39, 0.29) is 11.8 Å². The zero-order chi connectivity index (χ0) is 14.5. The van der Waals surface area contributed by atoms with Gasteiger partial charge in [0.2, 0.25) is 0 Å². The molecular formula is C15H21N3O2. The van der Waals surface area contributed by atoms with Gasteiger partial charge in [-0.3, -0.25) is 14.5 Å². The number of nitrogens with zero attached hydrogens (tertiary/aromatic N) is 2. The second-order valence-electron chi connectivity index (χ2n) is 5.07. The maximum atomic E-state index is 12.1. The van der Waals surface area contributed by atoms with Crippen molar-refractivity contribution in [1.29, 1.82) is 0 Å². The molecule has 0 fully saturated rings. The lowest BCUT2D eigenvalue weighted by Gasteiger charge is -2.18. The standard InChI is InChI=1S/C15H21N3O2/c1-16-8-11-17(2)9-5-10-18-14(19)12-6-3-4-7-13(12)15(18)20/h3-4,6-7,16H,5,8-11H2,1-2H3. The van der Waals surface area contributed by atoms with Crippen LogP contribution in [0.5, 0.6) is 0 Å². The Hall–Kier alpha value is -1.72. The van der Waals surface area contributed by atoms with Crippen LogP contribution in [0.15, 0.2) is 24.3 Å². The number of benzene rings is 1. The van der Waals surface area contributed by atoms with E-state index in [4.69, 9.17) is 0 Å². The summed E-state index contributed by atoms with van der Waals surface area (Å²) >= 11 is 0. The zero-order valence-electron chi connectivity index (χ0n) is 12.1. The van der Waals surface area contributed by atoms with E-state index in [9.17, 15) is 9.59 Å². The molecule has 5 heteroatoms. The van der Waals surface area contributed by atoms with Gasteiger partial charge in [0.1, 0.15) is 0 Å². The Bertz CT molecular complexity index is 467. The second kappa shape index (κ2) is 6.63. The van der Waals surface area contributed by atoms with Crippen LogP contribution in [0.1, 0.15) is 27.1 Å². The van der Waals surface area contributed by atoms with E-state index in [0.717, 1.165) is 26.1 Å². The van der Waals surface area contributed by atoms with E-state index in [2.05, 4.69) is 10.2 Å². The Morgan fingerprint density at radius 2 is 1.70 bits per heavy atom. The van der Waals surface area contributed by atoms with Crippen LogP contribution >= 0.6 is 0 Å². The molecule has 2 rings (SSSR count). The summed E-state index contributed by atoms with van der Waals surface area (Å²) < 4.78 is 0. The van der Waals surface area contributed by atoms with Crippen LogP contribution in [-0.4, -0.2) is 61.9 Å². The molecule has 0 aliphatic carbocycles. The number of hydrogen-bond donors (Lipinski definition) is 1. The van der Waals surface area contributed by atoms with Crippen LogP contribution < -0.4 is 5.32 Å². The topological polar surface area (TPSA) is 52.6 Å². The van der Waals surface area contributed by atoms with Crippen molar-refractivity contribution in [3.05, 3.63) is 35.4 Å². The summed E-state index contributed by atoms with van der Waals surface area (Å²) in [7, 11) is 3.96. The minimum Gasteiger partial charge on any atom is -0.318 e. The Kier molecular flexibility index (Phi) is 4.87. The molecule has 0 saturated heterocycles. The fraction of sp³-hybridized carbons (Fsp3) is 0.467. The number of amides is 2. The Balaban J connectivity index is 1.86. The molecule has 0 saturated carbocycles. The molecule has 0 unspecified atom stereocenters. The van der Waals surface area contributed by atoms with Crippen molar-refractivity contribution >= 4 is 11.8 Å². The van der Waals surface area contributed by atoms with Crippen molar-refractivity contribution in [2.75, 3.05) is 40.3 Å². The van der Waals surface area contributed by atoms with Gasteiger partial charge in [0, 0.05) is 19.6 Å². The molecule has 2 amide bonds. The largest absolute Gasteiger partial charge is 0.318 e. The van der Waals surface area contributed by atoms with Crippen LogP contribution in [0, 0.1) is 0 Å². The van der Waals surface area contributed by atoms with Gasteiger partial charge in [-0.2, -0.15) is 0 Å². The molecule has 0 aromatic heterocycles. The molecule has 1 aromatic carbocycles. The maximum absolute atomic E-state index is 12.1. The molecule has 1 aliphatic heterocycles. The highest BCUT2D eigenvalue weighted by Gasteiger charge is 2.34. The number of carbonyl (C=O) groups excluding carboxylic acids is 2. The molecule has 1 heterocycles. The summed E-state index contributed by atoms with van der Waals surface area (Å²) in [6.45, 7) is 3.24. The fourth-order valence-electron chi connectivity index (χ4n) is 2.36.